The molecule has 9 heteroatoms. The lowest BCUT2D eigenvalue weighted by molar-refractivity contribution is -0.121. The summed E-state index contributed by atoms with van der Waals surface area (Å²) in [5.41, 5.74) is 1.90. The number of hydrogen-bond acceptors (Lipinski definition) is 7. The Labute approximate surface area is 187 Å². The van der Waals surface area contributed by atoms with E-state index in [4.69, 9.17) is 4.74 Å². The summed E-state index contributed by atoms with van der Waals surface area (Å²) in [6.45, 7) is 6.09. The van der Waals surface area contributed by atoms with Gasteiger partial charge in [0.25, 0.3) is 0 Å². The summed E-state index contributed by atoms with van der Waals surface area (Å²) in [5.74, 6) is 2.56. The Balaban J connectivity index is 1.57. The van der Waals surface area contributed by atoms with E-state index in [1.807, 2.05) is 28.9 Å². The summed E-state index contributed by atoms with van der Waals surface area (Å²) in [6.07, 6.45) is 3.94. The van der Waals surface area contributed by atoms with Gasteiger partial charge in [-0.05, 0) is 36.3 Å². The number of aromatic nitrogens is 4. The first kappa shape index (κ1) is 22.9. The molecule has 1 amide bonds. The summed E-state index contributed by atoms with van der Waals surface area (Å²) < 4.78 is 6.99. The Bertz CT molecular complexity index is 990. The van der Waals surface area contributed by atoms with Crippen LogP contribution in [0.4, 0.5) is 5.82 Å². The molecule has 0 aliphatic carbocycles. The van der Waals surface area contributed by atoms with Gasteiger partial charge in [-0.15, -0.1) is 0 Å². The van der Waals surface area contributed by atoms with Crippen LogP contribution in [-0.4, -0.2) is 51.6 Å². The topological polar surface area (TPSA) is 94.0 Å². The van der Waals surface area contributed by atoms with Gasteiger partial charge in [0.15, 0.2) is 10.8 Å². The zero-order valence-electron chi connectivity index (χ0n) is 18.4. The fraction of sp³-hybridized carbons (Fsp3) is 0.455. The maximum Gasteiger partial charge on any atom is 0.220 e. The first-order valence-corrected chi connectivity index (χ1v) is 11.6. The molecule has 2 heterocycles. The number of carbonyl (C=O) groups is 1. The number of methoxy groups -OCH3 is 1. The number of amides is 1. The Morgan fingerprint density at radius 3 is 2.68 bits per heavy atom. The highest BCUT2D eigenvalue weighted by molar-refractivity contribution is 7.99. The molecule has 166 valence electrons. The lowest BCUT2D eigenvalue weighted by Crippen LogP contribution is -2.27. The number of fused-ring (bicyclic) bond motifs is 1. The van der Waals surface area contributed by atoms with Crippen molar-refractivity contribution in [3.05, 3.63) is 36.0 Å². The third-order valence-corrected chi connectivity index (χ3v) is 5.47. The lowest BCUT2D eigenvalue weighted by Gasteiger charge is -2.09. The number of anilines is 1. The molecule has 0 saturated heterocycles. The van der Waals surface area contributed by atoms with Crippen LogP contribution in [0.15, 0.2) is 35.6 Å². The average Bonchev–Trinajstić information content (AvgIpc) is 3.19. The van der Waals surface area contributed by atoms with Crippen molar-refractivity contribution in [3.8, 4) is 5.75 Å². The molecule has 3 aromatic rings. The lowest BCUT2D eigenvalue weighted by atomic mass is 10.1. The molecule has 1 aromatic carbocycles. The van der Waals surface area contributed by atoms with Gasteiger partial charge >= 0.3 is 0 Å². The van der Waals surface area contributed by atoms with Gasteiger partial charge in [0, 0.05) is 19.5 Å². The van der Waals surface area contributed by atoms with Crippen LogP contribution in [0.5, 0.6) is 5.75 Å². The minimum Gasteiger partial charge on any atom is -0.497 e. The molecular formula is C22H30N6O2S. The molecule has 3 rings (SSSR count). The van der Waals surface area contributed by atoms with Crippen molar-refractivity contribution in [1.82, 2.24) is 25.1 Å². The van der Waals surface area contributed by atoms with E-state index in [2.05, 4.69) is 39.5 Å². The molecule has 0 unspecified atom stereocenters. The molecular weight excluding hydrogens is 412 g/mol. The third kappa shape index (κ3) is 6.33. The molecule has 0 spiro atoms. The molecule has 0 aliphatic rings. The second-order valence-corrected chi connectivity index (χ2v) is 8.25. The highest BCUT2D eigenvalue weighted by Crippen LogP contribution is 2.24. The maximum absolute atomic E-state index is 12.2. The van der Waals surface area contributed by atoms with Crippen LogP contribution in [-0.2, 0) is 17.8 Å². The van der Waals surface area contributed by atoms with E-state index in [0.29, 0.717) is 25.9 Å². The Morgan fingerprint density at radius 1 is 1.16 bits per heavy atom. The van der Waals surface area contributed by atoms with Gasteiger partial charge in [-0.25, -0.2) is 14.6 Å². The van der Waals surface area contributed by atoms with Crippen molar-refractivity contribution >= 4 is 34.5 Å². The highest BCUT2D eigenvalue weighted by Gasteiger charge is 2.13. The number of hydrogen-bond donors (Lipinski definition) is 2. The molecule has 0 saturated carbocycles. The Kier molecular flexibility index (Phi) is 8.52. The van der Waals surface area contributed by atoms with Crippen molar-refractivity contribution in [2.75, 3.05) is 31.3 Å². The number of aryl methyl sites for hydroxylation is 1. The Hall–Kier alpha value is -2.81. The monoisotopic (exact) mass is 442 g/mol. The van der Waals surface area contributed by atoms with E-state index in [1.165, 1.54) is 0 Å². The molecule has 8 nitrogen and oxygen atoms in total. The van der Waals surface area contributed by atoms with E-state index >= 15 is 0 Å². The van der Waals surface area contributed by atoms with Gasteiger partial charge < -0.3 is 15.4 Å². The normalized spacial score (nSPS) is 10.9. The van der Waals surface area contributed by atoms with Crippen LogP contribution in [0.3, 0.4) is 0 Å². The minimum atomic E-state index is 0.0226. The third-order valence-electron chi connectivity index (χ3n) is 4.74. The SMILES string of the molecule is CCCNc1nc(SCC)nc2c1cnn2CCNC(=O)CCc1ccc(OC)cc1. The van der Waals surface area contributed by atoms with Crippen molar-refractivity contribution in [2.45, 2.75) is 44.8 Å². The van der Waals surface area contributed by atoms with Crippen molar-refractivity contribution < 1.29 is 9.53 Å². The molecule has 0 fully saturated rings. The first-order chi connectivity index (χ1) is 15.1. The van der Waals surface area contributed by atoms with Gasteiger partial charge in [-0.2, -0.15) is 5.10 Å². The van der Waals surface area contributed by atoms with Gasteiger partial charge in [-0.3, -0.25) is 4.79 Å². The zero-order valence-corrected chi connectivity index (χ0v) is 19.2. The standard InChI is InChI=1S/C22H30N6O2S/c1-4-12-24-20-18-15-25-28(21(18)27-22(26-20)31-5-2)14-13-23-19(29)11-8-16-6-9-17(30-3)10-7-16/h6-7,9-10,15H,4-5,8,11-14H2,1-3H3,(H,23,29)(H,24,26,27). The van der Waals surface area contributed by atoms with Crippen LogP contribution in [0.1, 0.15) is 32.3 Å². The van der Waals surface area contributed by atoms with Crippen LogP contribution in [0.25, 0.3) is 11.0 Å². The van der Waals surface area contributed by atoms with E-state index in [0.717, 1.165) is 52.0 Å². The van der Waals surface area contributed by atoms with E-state index in [-0.39, 0.29) is 5.91 Å². The van der Waals surface area contributed by atoms with Gasteiger partial charge in [-0.1, -0.05) is 37.7 Å². The number of carbonyl (C=O) groups excluding carboxylic acids is 1. The van der Waals surface area contributed by atoms with Crippen LogP contribution in [0, 0.1) is 0 Å². The number of rotatable bonds is 12. The number of thioether (sulfide) groups is 1. The number of benzene rings is 1. The van der Waals surface area contributed by atoms with Crippen molar-refractivity contribution in [3.63, 3.8) is 0 Å². The fourth-order valence-corrected chi connectivity index (χ4v) is 3.68. The van der Waals surface area contributed by atoms with E-state index in [9.17, 15) is 4.79 Å². The molecule has 2 N–H and O–H groups in total. The number of nitrogens with one attached hydrogen (secondary N) is 2. The largest absolute Gasteiger partial charge is 0.497 e. The van der Waals surface area contributed by atoms with Gasteiger partial charge in [0.1, 0.15) is 11.6 Å². The summed E-state index contributed by atoms with van der Waals surface area (Å²) in [7, 11) is 1.64. The fourth-order valence-electron chi connectivity index (χ4n) is 3.11. The van der Waals surface area contributed by atoms with Crippen LogP contribution >= 0.6 is 11.8 Å². The zero-order chi connectivity index (χ0) is 22.1. The molecule has 31 heavy (non-hydrogen) atoms. The number of nitrogens with zero attached hydrogens (tertiary/aromatic N) is 4. The predicted octanol–water partition coefficient (Wildman–Crippen LogP) is 3.52. The van der Waals surface area contributed by atoms with Gasteiger partial charge in [0.05, 0.1) is 25.2 Å². The quantitative estimate of drug-likeness (QED) is 0.327. The first-order valence-electron chi connectivity index (χ1n) is 10.6. The van der Waals surface area contributed by atoms with Crippen LogP contribution < -0.4 is 15.4 Å². The van der Waals surface area contributed by atoms with E-state index in [1.54, 1.807) is 25.1 Å². The summed E-state index contributed by atoms with van der Waals surface area (Å²) >= 11 is 1.60. The van der Waals surface area contributed by atoms with E-state index < -0.39 is 0 Å². The van der Waals surface area contributed by atoms with Gasteiger partial charge in [0.2, 0.25) is 5.91 Å². The number of ether oxygens (including phenoxy) is 1. The predicted molar refractivity (Wildman–Crippen MR) is 125 cm³/mol. The summed E-state index contributed by atoms with van der Waals surface area (Å²) in [5, 5.41) is 12.5. The molecule has 0 radical (unpaired) electrons. The van der Waals surface area contributed by atoms with Crippen molar-refractivity contribution in [1.29, 1.82) is 0 Å². The summed E-state index contributed by atoms with van der Waals surface area (Å²) in [4.78, 5) is 21.5. The average molecular weight is 443 g/mol. The minimum absolute atomic E-state index is 0.0226. The van der Waals surface area contributed by atoms with Crippen LogP contribution in [0.2, 0.25) is 0 Å². The molecule has 0 atom stereocenters. The van der Waals surface area contributed by atoms with Crippen molar-refractivity contribution in [2.24, 2.45) is 0 Å². The molecule has 0 aliphatic heterocycles. The molecule has 0 bridgehead atoms. The second kappa shape index (κ2) is 11.5. The summed E-state index contributed by atoms with van der Waals surface area (Å²) in [6, 6.07) is 7.79. The maximum atomic E-state index is 12.2. The smallest absolute Gasteiger partial charge is 0.220 e. The Morgan fingerprint density at radius 2 is 1.97 bits per heavy atom. The molecule has 2 aromatic heterocycles. The second-order valence-electron chi connectivity index (χ2n) is 7.02. The highest BCUT2D eigenvalue weighted by atomic mass is 32.2.